The zero-order valence-electron chi connectivity index (χ0n) is 30.2. The van der Waals surface area contributed by atoms with Crippen molar-refractivity contribution in [2.45, 2.75) is 80.1 Å². The van der Waals surface area contributed by atoms with Gasteiger partial charge < -0.3 is 4.57 Å². The van der Waals surface area contributed by atoms with Crippen LogP contribution in [0.15, 0.2) is 108 Å². The highest BCUT2D eigenvalue weighted by atomic mass is 15.0. The molecule has 0 spiro atoms. The third-order valence-corrected chi connectivity index (χ3v) is 9.55. The first-order chi connectivity index (χ1) is 22.0. The fraction of sp³-hybridized carbons (Fsp3) is 0.311. The van der Waals surface area contributed by atoms with Gasteiger partial charge in [0.25, 0.3) is 0 Å². The summed E-state index contributed by atoms with van der Waals surface area (Å²) in [4.78, 5) is 5.52. The Morgan fingerprint density at radius 1 is 0.553 bits per heavy atom. The zero-order valence-corrected chi connectivity index (χ0v) is 30.2. The van der Waals surface area contributed by atoms with Crippen molar-refractivity contribution in [3.05, 3.63) is 142 Å². The van der Waals surface area contributed by atoms with Crippen LogP contribution in [0.25, 0.3) is 33.7 Å². The van der Waals surface area contributed by atoms with Gasteiger partial charge >= 0.3 is 0 Å². The lowest BCUT2D eigenvalue weighted by Crippen LogP contribution is -2.14. The molecule has 4 aromatic carbocycles. The van der Waals surface area contributed by atoms with E-state index in [-0.39, 0.29) is 16.2 Å². The first kappa shape index (κ1) is 32.5. The molecule has 1 aliphatic heterocycles. The van der Waals surface area contributed by atoms with Crippen molar-refractivity contribution in [2.75, 3.05) is 0 Å². The van der Waals surface area contributed by atoms with Crippen molar-refractivity contribution in [1.82, 2.24) is 4.57 Å². The molecule has 0 radical (unpaired) electrons. The number of aliphatic imine (C=N–C) groups is 1. The third kappa shape index (κ3) is 6.19. The highest BCUT2D eigenvalue weighted by Crippen LogP contribution is 2.49. The van der Waals surface area contributed by atoms with Crippen molar-refractivity contribution < 1.29 is 0 Å². The molecule has 2 nitrogen and oxygen atoms in total. The monoisotopic (exact) mass is 618 g/mol. The van der Waals surface area contributed by atoms with Gasteiger partial charge in [-0.05, 0) is 51.5 Å². The molecule has 0 fully saturated rings. The van der Waals surface area contributed by atoms with Crippen molar-refractivity contribution in [3.63, 3.8) is 0 Å². The fourth-order valence-corrected chi connectivity index (χ4v) is 6.77. The molecule has 2 heteroatoms. The summed E-state index contributed by atoms with van der Waals surface area (Å²) in [5.41, 5.74) is 16.9. The van der Waals surface area contributed by atoms with Gasteiger partial charge in [0.1, 0.15) is 0 Å². The number of nitrogens with zero attached hydrogens (tertiary/aromatic N) is 2. The lowest BCUT2D eigenvalue weighted by Gasteiger charge is -2.27. The number of hydrogen-bond donors (Lipinski definition) is 0. The Kier molecular flexibility index (Phi) is 8.07. The van der Waals surface area contributed by atoms with Crippen LogP contribution < -0.4 is 0 Å². The van der Waals surface area contributed by atoms with E-state index >= 15 is 0 Å². The molecule has 0 aliphatic carbocycles. The van der Waals surface area contributed by atoms with E-state index in [0.717, 1.165) is 17.0 Å². The average Bonchev–Trinajstić information content (AvgIpc) is 3.55. The molecule has 1 aromatic heterocycles. The van der Waals surface area contributed by atoms with Gasteiger partial charge in [0.15, 0.2) is 0 Å². The van der Waals surface area contributed by atoms with Crippen LogP contribution in [-0.4, -0.2) is 10.3 Å². The molecule has 5 aromatic rings. The normalized spacial score (nSPS) is 14.7. The molecule has 0 atom stereocenters. The van der Waals surface area contributed by atoms with Crippen molar-refractivity contribution in [2.24, 2.45) is 17.5 Å². The molecular formula is C45H50N2. The molecular weight excluding hydrogens is 569 g/mol. The predicted octanol–water partition coefficient (Wildman–Crippen LogP) is 12.0. The third-order valence-electron chi connectivity index (χ3n) is 9.55. The Morgan fingerprint density at radius 3 is 1.55 bits per heavy atom. The number of aryl methyl sites for hydroxylation is 1. The number of rotatable bonds is 4. The van der Waals surface area contributed by atoms with Gasteiger partial charge in [-0.1, -0.05) is 165 Å². The Morgan fingerprint density at radius 2 is 1.04 bits per heavy atom. The molecule has 2 heterocycles. The van der Waals surface area contributed by atoms with E-state index in [9.17, 15) is 0 Å². The standard InChI is InChI=1S/C45H50N2/c1-29-16-18-32(19-17-29)40-35-14-12-13-15-36(35)41(46-40)39(45(8,9)10)42-37(30-20-24-33(25-21-30)43(2,3)4)28-38(47(42)11)31-22-26-34(27-23-31)44(5,6)7/h12-28H,1-11H3/b41-39+. The van der Waals surface area contributed by atoms with Gasteiger partial charge in [0.05, 0.1) is 17.1 Å². The summed E-state index contributed by atoms with van der Waals surface area (Å²) in [6.07, 6.45) is 0. The van der Waals surface area contributed by atoms with Gasteiger partial charge in [-0.25, -0.2) is 4.99 Å². The summed E-state index contributed by atoms with van der Waals surface area (Å²) in [7, 11) is 2.23. The van der Waals surface area contributed by atoms with E-state index < -0.39 is 0 Å². The zero-order chi connectivity index (χ0) is 33.9. The summed E-state index contributed by atoms with van der Waals surface area (Å²) in [5, 5.41) is 0. The smallest absolute Gasteiger partial charge is 0.0788 e. The maximum Gasteiger partial charge on any atom is 0.0788 e. The van der Waals surface area contributed by atoms with Gasteiger partial charge in [-0.3, -0.25) is 0 Å². The Bertz CT molecular complexity index is 1990. The maximum absolute atomic E-state index is 5.52. The van der Waals surface area contributed by atoms with Gasteiger partial charge in [0, 0.05) is 40.6 Å². The van der Waals surface area contributed by atoms with Crippen LogP contribution in [0.1, 0.15) is 101 Å². The number of aromatic nitrogens is 1. The molecule has 0 saturated heterocycles. The minimum absolute atomic E-state index is 0.0885. The molecule has 47 heavy (non-hydrogen) atoms. The molecule has 0 saturated carbocycles. The van der Waals surface area contributed by atoms with Gasteiger partial charge in [-0.2, -0.15) is 0 Å². The maximum atomic E-state index is 5.52. The number of benzene rings is 4. The lowest BCUT2D eigenvalue weighted by molar-refractivity contribution is 0.562. The van der Waals surface area contributed by atoms with Crippen LogP contribution in [0.5, 0.6) is 0 Å². The quantitative estimate of drug-likeness (QED) is 0.191. The summed E-state index contributed by atoms with van der Waals surface area (Å²) >= 11 is 0. The van der Waals surface area contributed by atoms with Crippen LogP contribution in [0.4, 0.5) is 0 Å². The second-order valence-electron chi connectivity index (χ2n) is 16.4. The van der Waals surface area contributed by atoms with E-state index in [0.29, 0.717) is 0 Å². The number of fused-ring (bicyclic) bond motifs is 1. The average molecular weight is 619 g/mol. The number of allylic oxidation sites excluding steroid dienone is 1. The van der Waals surface area contributed by atoms with Crippen LogP contribution in [0.2, 0.25) is 0 Å². The molecule has 240 valence electrons. The Labute approximate surface area is 282 Å². The van der Waals surface area contributed by atoms with E-state index in [2.05, 4.69) is 184 Å². The first-order valence-electron chi connectivity index (χ1n) is 17.0. The SMILES string of the molecule is Cc1ccc(C2=N/C(=C(\c3c(-c4ccc(C(C)(C)C)cc4)cc(-c4ccc(C(C)(C)C)cc4)n3C)C(C)(C)C)c3ccccc32)cc1. The molecule has 0 unspecified atom stereocenters. The Balaban J connectivity index is 1.65. The summed E-state index contributed by atoms with van der Waals surface area (Å²) in [6.45, 7) is 22.8. The van der Waals surface area contributed by atoms with E-state index in [1.807, 2.05) is 0 Å². The van der Waals surface area contributed by atoms with E-state index in [1.54, 1.807) is 0 Å². The second kappa shape index (κ2) is 11.7. The van der Waals surface area contributed by atoms with Crippen LogP contribution in [0, 0.1) is 12.3 Å². The fourth-order valence-electron chi connectivity index (χ4n) is 6.77. The summed E-state index contributed by atoms with van der Waals surface area (Å²) in [6, 6.07) is 38.3. The largest absolute Gasteiger partial charge is 0.343 e. The van der Waals surface area contributed by atoms with Crippen LogP contribution in [0.3, 0.4) is 0 Å². The lowest BCUT2D eigenvalue weighted by atomic mass is 9.79. The predicted molar refractivity (Wildman–Crippen MR) is 203 cm³/mol. The van der Waals surface area contributed by atoms with Crippen molar-refractivity contribution in [1.29, 1.82) is 0 Å². The number of hydrogen-bond acceptors (Lipinski definition) is 1. The van der Waals surface area contributed by atoms with E-state index in [1.165, 1.54) is 61.5 Å². The van der Waals surface area contributed by atoms with Gasteiger partial charge in [-0.15, -0.1) is 0 Å². The van der Waals surface area contributed by atoms with E-state index in [4.69, 9.17) is 4.99 Å². The second-order valence-corrected chi connectivity index (χ2v) is 16.4. The molecule has 0 amide bonds. The summed E-state index contributed by atoms with van der Waals surface area (Å²) in [5.74, 6) is 0. The Hall–Kier alpha value is -4.43. The van der Waals surface area contributed by atoms with Crippen molar-refractivity contribution >= 4 is 17.0 Å². The minimum Gasteiger partial charge on any atom is -0.343 e. The van der Waals surface area contributed by atoms with Crippen molar-refractivity contribution in [3.8, 4) is 22.4 Å². The van der Waals surface area contributed by atoms with Gasteiger partial charge in [0.2, 0.25) is 0 Å². The molecule has 0 bridgehead atoms. The molecule has 0 N–H and O–H groups in total. The highest BCUT2D eigenvalue weighted by Gasteiger charge is 2.34. The molecule has 6 rings (SSSR count). The molecule has 1 aliphatic rings. The minimum atomic E-state index is -0.200. The van der Waals surface area contributed by atoms with Crippen LogP contribution in [-0.2, 0) is 17.9 Å². The summed E-state index contributed by atoms with van der Waals surface area (Å²) < 4.78 is 2.41. The topological polar surface area (TPSA) is 17.3 Å². The first-order valence-corrected chi connectivity index (χ1v) is 17.0. The highest BCUT2D eigenvalue weighted by molar-refractivity contribution is 6.22. The van der Waals surface area contributed by atoms with Crippen LogP contribution >= 0.6 is 0 Å².